The molecule has 0 fully saturated rings. The number of fused-ring (bicyclic) bond motifs is 2. The molecule has 4 rings (SSSR count). The highest BCUT2D eigenvalue weighted by Gasteiger charge is 2.23. The molecule has 4 aromatic rings. The second-order valence-corrected chi connectivity index (χ2v) is 9.36. The van der Waals surface area contributed by atoms with Gasteiger partial charge in [-0.05, 0) is 41.8 Å². The summed E-state index contributed by atoms with van der Waals surface area (Å²) in [5.74, 6) is -0.147. The first-order valence-corrected chi connectivity index (χ1v) is 11.9. The van der Waals surface area contributed by atoms with E-state index in [0.717, 1.165) is 29.0 Å². The summed E-state index contributed by atoms with van der Waals surface area (Å²) in [5, 5.41) is 10.7. The molecular formula is C24H25N5O2S. The van der Waals surface area contributed by atoms with Gasteiger partial charge in [-0.1, -0.05) is 61.9 Å². The monoisotopic (exact) mass is 447 g/mol. The van der Waals surface area contributed by atoms with Crippen LogP contribution in [0.25, 0.3) is 21.7 Å². The van der Waals surface area contributed by atoms with Gasteiger partial charge in [-0.15, -0.1) is 5.10 Å². The molecule has 1 heterocycles. The van der Waals surface area contributed by atoms with Gasteiger partial charge in [0.2, 0.25) is 5.96 Å². The molecule has 4 N–H and O–H groups in total. The lowest BCUT2D eigenvalue weighted by molar-refractivity contribution is 0.589. The predicted molar refractivity (Wildman–Crippen MR) is 130 cm³/mol. The smallest absolute Gasteiger partial charge is 0.268 e. The number of guanidine groups is 1. The normalized spacial score (nSPS) is 12.3. The van der Waals surface area contributed by atoms with Crippen LogP contribution in [-0.4, -0.2) is 24.1 Å². The first-order valence-electron chi connectivity index (χ1n) is 10.4. The molecule has 3 aromatic carbocycles. The summed E-state index contributed by atoms with van der Waals surface area (Å²) in [6.07, 6.45) is 4.06. The lowest BCUT2D eigenvalue weighted by Crippen LogP contribution is -2.22. The quantitative estimate of drug-likeness (QED) is 0.251. The number of para-hydroxylation sites is 1. The lowest BCUT2D eigenvalue weighted by Gasteiger charge is -2.08. The third kappa shape index (κ3) is 4.09. The van der Waals surface area contributed by atoms with Gasteiger partial charge in [-0.3, -0.25) is 0 Å². The van der Waals surface area contributed by atoms with E-state index < -0.39 is 10.0 Å². The highest BCUT2D eigenvalue weighted by atomic mass is 32.2. The molecule has 0 aliphatic heterocycles. The zero-order valence-electron chi connectivity index (χ0n) is 17.8. The van der Waals surface area contributed by atoms with E-state index in [0.29, 0.717) is 23.2 Å². The second-order valence-electron chi connectivity index (χ2n) is 7.54. The fourth-order valence-corrected chi connectivity index (χ4v) is 5.13. The molecule has 164 valence electrons. The maximum absolute atomic E-state index is 13.7. The minimum Gasteiger partial charge on any atom is -0.369 e. The first-order chi connectivity index (χ1) is 15.4. The molecule has 32 heavy (non-hydrogen) atoms. The Morgan fingerprint density at radius 3 is 2.41 bits per heavy atom. The van der Waals surface area contributed by atoms with Crippen LogP contribution in [0.1, 0.15) is 31.7 Å². The molecule has 7 nitrogen and oxygen atoms in total. The van der Waals surface area contributed by atoms with Crippen LogP contribution in [0, 0.1) is 0 Å². The first kappa shape index (κ1) is 21.6. The molecule has 0 bridgehead atoms. The van der Waals surface area contributed by atoms with Crippen LogP contribution >= 0.6 is 0 Å². The zero-order valence-corrected chi connectivity index (χ0v) is 18.6. The van der Waals surface area contributed by atoms with Crippen LogP contribution in [-0.2, 0) is 10.0 Å². The van der Waals surface area contributed by atoms with Gasteiger partial charge in [0.15, 0.2) is 0 Å². The highest BCUT2D eigenvalue weighted by molar-refractivity contribution is 7.90. The van der Waals surface area contributed by atoms with Crippen LogP contribution in [0.5, 0.6) is 0 Å². The van der Waals surface area contributed by atoms with Crippen molar-refractivity contribution in [3.05, 3.63) is 78.5 Å². The van der Waals surface area contributed by atoms with E-state index >= 15 is 0 Å². The molecule has 0 saturated carbocycles. The number of nitrogens with zero attached hydrogens (tertiary/aromatic N) is 3. The van der Waals surface area contributed by atoms with Crippen molar-refractivity contribution in [1.29, 1.82) is 0 Å². The molecule has 0 radical (unpaired) electrons. The number of hydrogen-bond acceptors (Lipinski definition) is 4. The molecule has 0 saturated heterocycles. The average molecular weight is 448 g/mol. The molecule has 0 amide bonds. The van der Waals surface area contributed by atoms with Crippen molar-refractivity contribution in [2.75, 3.05) is 0 Å². The molecule has 0 atom stereocenters. The van der Waals surface area contributed by atoms with Gasteiger partial charge in [0, 0.05) is 17.1 Å². The van der Waals surface area contributed by atoms with Crippen molar-refractivity contribution in [1.82, 2.24) is 3.97 Å². The summed E-state index contributed by atoms with van der Waals surface area (Å²) >= 11 is 0. The highest BCUT2D eigenvalue weighted by Crippen LogP contribution is 2.29. The summed E-state index contributed by atoms with van der Waals surface area (Å²) in [6, 6.07) is 20.2. The van der Waals surface area contributed by atoms with E-state index in [1.165, 1.54) is 3.97 Å². The summed E-state index contributed by atoms with van der Waals surface area (Å²) < 4.78 is 28.6. The second kappa shape index (κ2) is 8.84. The predicted octanol–water partition coefficient (Wildman–Crippen LogP) is 4.20. The van der Waals surface area contributed by atoms with E-state index in [4.69, 9.17) is 11.5 Å². The standard InChI is InChI=1S/C24H25N5O2S/c1-2-3-11-22(27-28-24(25)26)21-16-29(23-12-7-6-10-20(21)23)32(30,31)19-14-13-17-8-4-5-9-18(17)15-19/h4-10,12-16H,2-3,11H2,1H3,(H4,25,26,28)/b27-22+. The Balaban J connectivity index is 1.91. The van der Waals surface area contributed by atoms with Crippen molar-refractivity contribution in [3.8, 4) is 0 Å². The molecule has 0 spiro atoms. The SMILES string of the molecule is CCCC/C(=N\N=C(N)N)c1cn(S(=O)(=O)c2ccc3ccccc3c2)c2ccccc12. The van der Waals surface area contributed by atoms with Gasteiger partial charge in [0.1, 0.15) is 0 Å². The largest absolute Gasteiger partial charge is 0.369 e. The van der Waals surface area contributed by atoms with Crippen molar-refractivity contribution in [2.45, 2.75) is 31.1 Å². The molecule has 0 aliphatic rings. The van der Waals surface area contributed by atoms with Gasteiger partial charge in [0.05, 0.1) is 16.1 Å². The summed E-state index contributed by atoms with van der Waals surface area (Å²) in [7, 11) is -3.85. The summed E-state index contributed by atoms with van der Waals surface area (Å²) in [5.41, 5.74) is 12.9. The maximum Gasteiger partial charge on any atom is 0.268 e. The number of benzene rings is 3. The number of unbranched alkanes of at least 4 members (excludes halogenated alkanes) is 1. The molecule has 0 unspecified atom stereocenters. The molecule has 1 aromatic heterocycles. The minimum atomic E-state index is -3.85. The molecule has 8 heteroatoms. The third-order valence-electron chi connectivity index (χ3n) is 5.32. The Hall–Kier alpha value is -3.65. The van der Waals surface area contributed by atoms with Crippen LogP contribution in [0.4, 0.5) is 0 Å². The third-order valence-corrected chi connectivity index (χ3v) is 6.99. The van der Waals surface area contributed by atoms with Gasteiger partial charge in [-0.2, -0.15) is 5.10 Å². The Morgan fingerprint density at radius 1 is 0.938 bits per heavy atom. The van der Waals surface area contributed by atoms with Crippen molar-refractivity contribution in [3.63, 3.8) is 0 Å². The lowest BCUT2D eigenvalue weighted by atomic mass is 10.0. The zero-order chi connectivity index (χ0) is 22.7. The summed E-state index contributed by atoms with van der Waals surface area (Å²) in [6.45, 7) is 2.08. The fraction of sp³-hybridized carbons (Fsp3) is 0.167. The topological polar surface area (TPSA) is 116 Å². The number of hydrogen-bond donors (Lipinski definition) is 2. The van der Waals surface area contributed by atoms with E-state index in [1.54, 1.807) is 24.4 Å². The average Bonchev–Trinajstić information content (AvgIpc) is 3.19. The maximum atomic E-state index is 13.7. The number of aromatic nitrogens is 1. The van der Waals surface area contributed by atoms with Crippen LogP contribution in [0.2, 0.25) is 0 Å². The minimum absolute atomic E-state index is 0.147. The fourth-order valence-electron chi connectivity index (χ4n) is 3.72. The van der Waals surface area contributed by atoms with E-state index in [2.05, 4.69) is 17.1 Å². The molecule has 0 aliphatic carbocycles. The Bertz CT molecular complexity index is 1450. The van der Waals surface area contributed by atoms with Gasteiger partial charge in [0.25, 0.3) is 10.0 Å². The van der Waals surface area contributed by atoms with E-state index in [1.807, 2.05) is 48.5 Å². The van der Waals surface area contributed by atoms with Gasteiger partial charge >= 0.3 is 0 Å². The van der Waals surface area contributed by atoms with Crippen molar-refractivity contribution in [2.24, 2.45) is 21.7 Å². The van der Waals surface area contributed by atoms with E-state index in [-0.39, 0.29) is 10.9 Å². The van der Waals surface area contributed by atoms with Crippen molar-refractivity contribution < 1.29 is 8.42 Å². The van der Waals surface area contributed by atoms with Gasteiger partial charge < -0.3 is 11.5 Å². The van der Waals surface area contributed by atoms with E-state index in [9.17, 15) is 8.42 Å². The van der Waals surface area contributed by atoms with Crippen LogP contribution < -0.4 is 11.5 Å². The number of nitrogens with two attached hydrogens (primary N) is 2. The van der Waals surface area contributed by atoms with Crippen LogP contribution in [0.3, 0.4) is 0 Å². The van der Waals surface area contributed by atoms with Crippen LogP contribution in [0.15, 0.2) is 88.0 Å². The van der Waals surface area contributed by atoms with Crippen molar-refractivity contribution >= 4 is 43.4 Å². The Morgan fingerprint density at radius 2 is 1.66 bits per heavy atom. The van der Waals surface area contributed by atoms with Gasteiger partial charge in [-0.25, -0.2) is 12.4 Å². The Kier molecular flexibility index (Phi) is 5.96. The summed E-state index contributed by atoms with van der Waals surface area (Å²) in [4.78, 5) is 0.222. The number of rotatable bonds is 7. The Labute approximate surface area is 187 Å². The molecular weight excluding hydrogens is 422 g/mol.